The third-order valence-corrected chi connectivity index (χ3v) is 2.85. The normalized spacial score (nSPS) is 10.1. The van der Waals surface area contributed by atoms with Crippen LogP contribution in [0.3, 0.4) is 0 Å². The smallest absolute Gasteiger partial charge is 0.211 e. The van der Waals surface area contributed by atoms with E-state index in [4.69, 9.17) is 4.74 Å². The Hall–Kier alpha value is -1.51. The maximum absolute atomic E-state index is 10.2. The quantitative estimate of drug-likeness (QED) is 0.503. The standard InChI is InChI=1S/C15H23NO2/c1-2-3-4-5-6-7-12-18-15-10-8-14(9-11-15)16-13-17/h8-11,13H,2-7,12H2,1H3,(H,16,17). The molecule has 1 amide bonds. The summed E-state index contributed by atoms with van der Waals surface area (Å²) in [6.45, 7) is 3.00. The van der Waals surface area contributed by atoms with E-state index >= 15 is 0 Å². The van der Waals surface area contributed by atoms with Gasteiger partial charge in [0.25, 0.3) is 0 Å². The van der Waals surface area contributed by atoms with Crippen molar-refractivity contribution in [3.63, 3.8) is 0 Å². The molecule has 0 atom stereocenters. The number of ether oxygens (including phenoxy) is 1. The zero-order valence-corrected chi connectivity index (χ0v) is 11.2. The number of carbonyl (C=O) groups is 1. The molecule has 1 aromatic carbocycles. The van der Waals surface area contributed by atoms with Gasteiger partial charge in [-0.1, -0.05) is 39.0 Å². The van der Waals surface area contributed by atoms with E-state index in [9.17, 15) is 4.79 Å². The molecule has 100 valence electrons. The van der Waals surface area contributed by atoms with Crippen LogP contribution in [0.25, 0.3) is 0 Å². The first kappa shape index (κ1) is 14.6. The van der Waals surface area contributed by atoms with Crippen molar-refractivity contribution in [3.05, 3.63) is 24.3 Å². The zero-order valence-electron chi connectivity index (χ0n) is 11.2. The number of carbonyl (C=O) groups excluding carboxylic acids is 1. The largest absolute Gasteiger partial charge is 0.494 e. The van der Waals surface area contributed by atoms with Crippen LogP contribution < -0.4 is 10.1 Å². The lowest BCUT2D eigenvalue weighted by Crippen LogP contribution is -1.98. The molecular weight excluding hydrogens is 226 g/mol. The summed E-state index contributed by atoms with van der Waals surface area (Å²) in [7, 11) is 0. The van der Waals surface area contributed by atoms with Crippen LogP contribution in [-0.4, -0.2) is 13.0 Å². The van der Waals surface area contributed by atoms with Crippen LogP contribution in [0.5, 0.6) is 5.75 Å². The Labute approximate surface area is 110 Å². The van der Waals surface area contributed by atoms with E-state index in [1.807, 2.05) is 24.3 Å². The summed E-state index contributed by atoms with van der Waals surface area (Å²) in [6.07, 6.45) is 8.29. The van der Waals surface area contributed by atoms with Gasteiger partial charge in [-0.05, 0) is 30.7 Å². The topological polar surface area (TPSA) is 38.3 Å². The molecule has 3 nitrogen and oxygen atoms in total. The van der Waals surface area contributed by atoms with Crippen molar-refractivity contribution in [2.75, 3.05) is 11.9 Å². The van der Waals surface area contributed by atoms with Gasteiger partial charge < -0.3 is 10.1 Å². The van der Waals surface area contributed by atoms with E-state index in [1.54, 1.807) is 0 Å². The van der Waals surface area contributed by atoms with E-state index in [0.29, 0.717) is 6.41 Å². The first-order chi connectivity index (χ1) is 8.86. The van der Waals surface area contributed by atoms with Crippen molar-refractivity contribution in [3.8, 4) is 5.75 Å². The van der Waals surface area contributed by atoms with Gasteiger partial charge in [0.2, 0.25) is 6.41 Å². The molecule has 0 radical (unpaired) electrons. The molecule has 0 spiro atoms. The fourth-order valence-electron chi connectivity index (χ4n) is 1.79. The molecular formula is C15H23NO2. The number of hydrogen-bond donors (Lipinski definition) is 1. The van der Waals surface area contributed by atoms with Gasteiger partial charge in [-0.25, -0.2) is 0 Å². The summed E-state index contributed by atoms with van der Waals surface area (Å²) in [5, 5.41) is 2.59. The number of benzene rings is 1. The fraction of sp³-hybridized carbons (Fsp3) is 0.533. The van der Waals surface area contributed by atoms with Crippen molar-refractivity contribution in [1.82, 2.24) is 0 Å². The Kier molecular flexibility index (Phi) is 7.69. The minimum absolute atomic E-state index is 0.673. The highest BCUT2D eigenvalue weighted by atomic mass is 16.5. The highest BCUT2D eigenvalue weighted by Crippen LogP contribution is 2.15. The molecule has 0 fully saturated rings. The van der Waals surface area contributed by atoms with Gasteiger partial charge in [-0.15, -0.1) is 0 Å². The summed E-state index contributed by atoms with van der Waals surface area (Å²) in [5.41, 5.74) is 0.789. The highest BCUT2D eigenvalue weighted by Gasteiger charge is 1.95. The minimum Gasteiger partial charge on any atom is -0.494 e. The number of rotatable bonds is 10. The van der Waals surface area contributed by atoms with Gasteiger partial charge in [0.05, 0.1) is 6.61 Å². The van der Waals surface area contributed by atoms with E-state index in [-0.39, 0.29) is 0 Å². The second-order valence-electron chi connectivity index (χ2n) is 4.40. The molecule has 1 N–H and O–H groups in total. The minimum atomic E-state index is 0.673. The van der Waals surface area contributed by atoms with E-state index in [1.165, 1.54) is 32.1 Å². The monoisotopic (exact) mass is 249 g/mol. The van der Waals surface area contributed by atoms with Gasteiger partial charge in [-0.3, -0.25) is 4.79 Å². The average Bonchev–Trinajstić information content (AvgIpc) is 2.40. The second-order valence-corrected chi connectivity index (χ2v) is 4.40. The molecule has 0 unspecified atom stereocenters. The van der Waals surface area contributed by atoms with Gasteiger partial charge in [0.15, 0.2) is 0 Å². The maximum atomic E-state index is 10.2. The molecule has 0 aliphatic carbocycles. The second kappa shape index (κ2) is 9.51. The summed E-state index contributed by atoms with van der Waals surface area (Å²) in [5.74, 6) is 0.861. The van der Waals surface area contributed by atoms with Crippen LogP contribution in [-0.2, 0) is 4.79 Å². The maximum Gasteiger partial charge on any atom is 0.211 e. The summed E-state index contributed by atoms with van der Waals surface area (Å²) in [4.78, 5) is 10.2. The van der Waals surface area contributed by atoms with Crippen molar-refractivity contribution in [2.45, 2.75) is 45.4 Å². The molecule has 18 heavy (non-hydrogen) atoms. The summed E-state index contributed by atoms with van der Waals surface area (Å²) >= 11 is 0. The van der Waals surface area contributed by atoms with Crippen LogP contribution in [0.4, 0.5) is 5.69 Å². The Morgan fingerprint density at radius 1 is 1.06 bits per heavy atom. The lowest BCUT2D eigenvalue weighted by molar-refractivity contribution is -0.105. The zero-order chi connectivity index (χ0) is 13.1. The Morgan fingerprint density at radius 3 is 2.39 bits per heavy atom. The number of hydrogen-bond acceptors (Lipinski definition) is 2. The van der Waals surface area contributed by atoms with Gasteiger partial charge in [0, 0.05) is 5.69 Å². The number of anilines is 1. The van der Waals surface area contributed by atoms with Gasteiger partial charge in [0.1, 0.15) is 5.75 Å². The fourth-order valence-corrected chi connectivity index (χ4v) is 1.79. The Bertz CT molecular complexity index is 322. The summed E-state index contributed by atoms with van der Waals surface area (Å²) < 4.78 is 5.63. The predicted molar refractivity (Wildman–Crippen MR) is 75.0 cm³/mol. The predicted octanol–water partition coefficient (Wildman–Crippen LogP) is 3.99. The molecule has 3 heteroatoms. The van der Waals surface area contributed by atoms with Crippen LogP contribution in [0, 0.1) is 0 Å². The van der Waals surface area contributed by atoms with Gasteiger partial charge >= 0.3 is 0 Å². The number of amides is 1. The summed E-state index contributed by atoms with van der Waals surface area (Å²) in [6, 6.07) is 7.43. The molecule has 0 aliphatic heterocycles. The SMILES string of the molecule is CCCCCCCCOc1ccc(NC=O)cc1. The molecule has 0 saturated heterocycles. The van der Waals surface area contributed by atoms with Crippen molar-refractivity contribution >= 4 is 12.1 Å². The number of unbranched alkanes of at least 4 members (excludes halogenated alkanes) is 5. The van der Waals surface area contributed by atoms with E-state index in [2.05, 4.69) is 12.2 Å². The number of nitrogens with one attached hydrogen (secondary N) is 1. The lowest BCUT2D eigenvalue weighted by Gasteiger charge is -2.06. The van der Waals surface area contributed by atoms with E-state index < -0.39 is 0 Å². The highest BCUT2D eigenvalue weighted by molar-refractivity contribution is 5.71. The third kappa shape index (κ3) is 6.28. The average molecular weight is 249 g/mol. The molecule has 0 aromatic heterocycles. The van der Waals surface area contributed by atoms with Crippen LogP contribution in [0.1, 0.15) is 45.4 Å². The van der Waals surface area contributed by atoms with Crippen molar-refractivity contribution in [2.24, 2.45) is 0 Å². The lowest BCUT2D eigenvalue weighted by atomic mass is 10.1. The molecule has 0 bridgehead atoms. The molecule has 1 aromatic rings. The molecule has 1 rings (SSSR count). The first-order valence-corrected chi connectivity index (χ1v) is 6.80. The third-order valence-electron chi connectivity index (χ3n) is 2.85. The first-order valence-electron chi connectivity index (χ1n) is 6.80. The Morgan fingerprint density at radius 2 is 1.72 bits per heavy atom. The van der Waals surface area contributed by atoms with E-state index in [0.717, 1.165) is 24.5 Å². The van der Waals surface area contributed by atoms with Crippen molar-refractivity contribution < 1.29 is 9.53 Å². The Balaban J connectivity index is 2.09. The van der Waals surface area contributed by atoms with Gasteiger partial charge in [-0.2, -0.15) is 0 Å². The van der Waals surface area contributed by atoms with Crippen LogP contribution >= 0.6 is 0 Å². The van der Waals surface area contributed by atoms with Crippen molar-refractivity contribution in [1.29, 1.82) is 0 Å². The van der Waals surface area contributed by atoms with Crippen LogP contribution in [0.15, 0.2) is 24.3 Å². The van der Waals surface area contributed by atoms with Crippen LogP contribution in [0.2, 0.25) is 0 Å². The molecule has 0 heterocycles. The molecule has 0 saturated carbocycles. The molecule has 0 aliphatic rings.